The maximum atomic E-state index is 12.8. The van der Waals surface area contributed by atoms with Gasteiger partial charge in [0.2, 0.25) is 0 Å². The minimum atomic E-state index is -4.83. The van der Waals surface area contributed by atoms with Crippen LogP contribution in [0, 0.1) is 0 Å². The second-order valence-corrected chi connectivity index (χ2v) is 13.3. The first-order chi connectivity index (χ1) is 16.9. The summed E-state index contributed by atoms with van der Waals surface area (Å²) < 4.78 is 22.4. The molecule has 0 aromatic carbocycles. The molecule has 0 aromatic heterocycles. The fourth-order valence-corrected chi connectivity index (χ4v) is 5.32. The number of hydrogen-bond donors (Lipinski definition) is 2. The molecule has 0 saturated carbocycles. The van der Waals surface area contributed by atoms with Gasteiger partial charge in [0.15, 0.2) is 11.9 Å². The van der Waals surface area contributed by atoms with Gasteiger partial charge in [-0.3, -0.25) is 9.36 Å². The molecule has 3 unspecified atom stereocenters. The van der Waals surface area contributed by atoms with E-state index < -0.39 is 37.2 Å². The van der Waals surface area contributed by atoms with E-state index in [1.54, 1.807) is 0 Å². The Kier molecular flexibility index (Phi) is 21.1. The Hall–Kier alpha value is 0.140. The number of halogens is 1. The Balaban J connectivity index is 4.17. The van der Waals surface area contributed by atoms with Gasteiger partial charge in [-0.25, -0.2) is 0 Å². The van der Waals surface area contributed by atoms with Crippen LogP contribution in [0.2, 0.25) is 0 Å². The van der Waals surface area contributed by atoms with Crippen molar-refractivity contribution in [2.24, 2.45) is 0 Å². The predicted molar refractivity (Wildman–Crippen MR) is 147 cm³/mol. The molecule has 0 heterocycles. The standard InChI is InChI=1S/C26H53BrNO7P/c1-5-6-7-8-9-10-11-12-13-14-15-16-17-18-19-23(27)25(31)26(24(30)22-29)35-36(32,33)34-21-20-28(2,3)4/h23-24,26,29-30H,5-22H2,1-4H3/t23?,24-,26?/m0/s1. The van der Waals surface area contributed by atoms with Gasteiger partial charge in [-0.05, 0) is 6.42 Å². The number of ketones is 1. The van der Waals surface area contributed by atoms with Crippen LogP contribution >= 0.6 is 23.8 Å². The summed E-state index contributed by atoms with van der Waals surface area (Å²) in [6.45, 7) is 1.75. The number of aliphatic hydroxyl groups excluding tert-OH is 2. The van der Waals surface area contributed by atoms with Gasteiger partial charge in [-0.1, -0.05) is 113 Å². The Labute approximate surface area is 228 Å². The zero-order valence-corrected chi connectivity index (χ0v) is 25.6. The molecule has 0 aliphatic rings. The zero-order chi connectivity index (χ0) is 27.5. The highest BCUT2D eigenvalue weighted by atomic mass is 79.9. The lowest BCUT2D eigenvalue weighted by Crippen LogP contribution is -2.43. The first-order valence-electron chi connectivity index (χ1n) is 13.8. The van der Waals surface area contributed by atoms with Gasteiger partial charge in [0.1, 0.15) is 19.3 Å². The molecule has 36 heavy (non-hydrogen) atoms. The molecule has 0 amide bonds. The molecule has 0 fully saturated rings. The molecule has 0 radical (unpaired) electrons. The molecule has 0 aliphatic carbocycles. The summed E-state index contributed by atoms with van der Waals surface area (Å²) in [6, 6.07) is 0. The van der Waals surface area contributed by atoms with Gasteiger partial charge in [0.05, 0.1) is 32.6 Å². The third kappa shape index (κ3) is 20.1. The van der Waals surface area contributed by atoms with Crippen LogP contribution in [-0.4, -0.2) is 78.4 Å². The first kappa shape index (κ1) is 36.1. The molecular weight excluding hydrogens is 549 g/mol. The quantitative estimate of drug-likeness (QED) is 0.0645. The van der Waals surface area contributed by atoms with Crippen LogP contribution in [0.3, 0.4) is 0 Å². The van der Waals surface area contributed by atoms with Crippen LogP contribution < -0.4 is 4.89 Å². The number of Topliss-reactive ketones (excluding diaryl/α,β-unsaturated/α-hetero) is 1. The summed E-state index contributed by atoms with van der Waals surface area (Å²) in [5.74, 6) is -0.613. The van der Waals surface area contributed by atoms with E-state index in [4.69, 9.17) is 9.05 Å². The van der Waals surface area contributed by atoms with Crippen molar-refractivity contribution in [1.82, 2.24) is 0 Å². The molecule has 0 spiro atoms. The van der Waals surface area contributed by atoms with Crippen molar-refractivity contribution in [2.75, 3.05) is 40.9 Å². The molecule has 2 N–H and O–H groups in total. The van der Waals surface area contributed by atoms with Crippen molar-refractivity contribution in [2.45, 2.75) is 120 Å². The summed E-state index contributed by atoms with van der Waals surface area (Å²) >= 11 is 3.31. The van der Waals surface area contributed by atoms with Crippen LogP contribution in [0.1, 0.15) is 103 Å². The maximum absolute atomic E-state index is 12.8. The lowest BCUT2D eigenvalue weighted by atomic mass is 10.0. The predicted octanol–water partition coefficient (Wildman–Crippen LogP) is 5.12. The number of likely N-dealkylation sites (N-methyl/N-ethyl adjacent to an activating group) is 1. The van der Waals surface area contributed by atoms with E-state index in [1.807, 2.05) is 21.1 Å². The normalized spacial score (nSPS) is 16.4. The van der Waals surface area contributed by atoms with Crippen LogP contribution in [0.15, 0.2) is 0 Å². The van der Waals surface area contributed by atoms with E-state index in [1.165, 1.54) is 70.6 Å². The lowest BCUT2D eigenvalue weighted by molar-refractivity contribution is -0.870. The number of phosphoric acid groups is 1. The summed E-state index contributed by atoms with van der Waals surface area (Å²) in [4.78, 5) is 24.3. The number of alkyl halides is 1. The molecule has 0 rings (SSSR count). The number of quaternary nitrogens is 1. The highest BCUT2D eigenvalue weighted by Gasteiger charge is 2.35. The summed E-state index contributed by atoms with van der Waals surface area (Å²) in [5, 5.41) is 19.3. The second-order valence-electron chi connectivity index (χ2n) is 10.8. The van der Waals surface area contributed by atoms with Gasteiger partial charge >= 0.3 is 0 Å². The molecule has 0 aromatic rings. The van der Waals surface area contributed by atoms with Crippen molar-refractivity contribution in [3.05, 3.63) is 0 Å². The third-order valence-corrected chi connectivity index (χ3v) is 8.08. The van der Waals surface area contributed by atoms with E-state index in [0.717, 1.165) is 19.3 Å². The average Bonchev–Trinajstić information content (AvgIpc) is 2.80. The number of rotatable bonds is 25. The smallest absolute Gasteiger partial charge is 0.268 e. The van der Waals surface area contributed by atoms with E-state index in [9.17, 15) is 24.5 Å². The molecule has 216 valence electrons. The van der Waals surface area contributed by atoms with E-state index in [-0.39, 0.29) is 6.61 Å². The van der Waals surface area contributed by atoms with E-state index >= 15 is 0 Å². The highest BCUT2D eigenvalue weighted by Crippen LogP contribution is 2.41. The fraction of sp³-hybridized carbons (Fsp3) is 0.962. The molecule has 8 nitrogen and oxygen atoms in total. The zero-order valence-electron chi connectivity index (χ0n) is 23.2. The van der Waals surface area contributed by atoms with Gasteiger partial charge in [0, 0.05) is 0 Å². The van der Waals surface area contributed by atoms with Crippen LogP contribution in [0.5, 0.6) is 0 Å². The number of carbonyl (C=O) groups is 1. The van der Waals surface area contributed by atoms with E-state index in [2.05, 4.69) is 22.9 Å². The van der Waals surface area contributed by atoms with Crippen molar-refractivity contribution in [3.8, 4) is 0 Å². The van der Waals surface area contributed by atoms with Crippen molar-refractivity contribution in [3.63, 3.8) is 0 Å². The Morgan fingerprint density at radius 1 is 0.917 bits per heavy atom. The van der Waals surface area contributed by atoms with Gasteiger partial charge < -0.3 is 28.6 Å². The number of carbonyl (C=O) groups excluding carboxylic acids is 1. The van der Waals surface area contributed by atoms with Crippen molar-refractivity contribution in [1.29, 1.82) is 0 Å². The maximum Gasteiger partial charge on any atom is 0.268 e. The SMILES string of the molecule is CCCCCCCCCCCCCCCCC(Br)C(=O)C(OP(=O)([O-])OCC[N+](C)(C)C)[C@@H](O)CO. The largest absolute Gasteiger partial charge is 0.756 e. The third-order valence-electron chi connectivity index (χ3n) is 6.19. The molecular formula is C26H53BrNO7P. The van der Waals surface area contributed by atoms with Gasteiger partial charge in [0.25, 0.3) is 7.82 Å². The molecule has 10 heteroatoms. The average molecular weight is 603 g/mol. The number of aliphatic hydroxyl groups is 2. The molecule has 0 aliphatic heterocycles. The van der Waals surface area contributed by atoms with Crippen molar-refractivity contribution >= 4 is 29.5 Å². The second kappa shape index (κ2) is 21.0. The van der Waals surface area contributed by atoms with Gasteiger partial charge in [-0.15, -0.1) is 0 Å². The van der Waals surface area contributed by atoms with Crippen LogP contribution in [0.25, 0.3) is 0 Å². The molecule has 4 atom stereocenters. The summed E-state index contributed by atoms with van der Waals surface area (Å²) in [7, 11) is 0.821. The monoisotopic (exact) mass is 601 g/mol. The Morgan fingerprint density at radius 3 is 1.78 bits per heavy atom. The van der Waals surface area contributed by atoms with Crippen molar-refractivity contribution < 1.29 is 38.0 Å². The van der Waals surface area contributed by atoms with Crippen LogP contribution in [-0.2, 0) is 18.4 Å². The first-order valence-corrected chi connectivity index (χ1v) is 16.2. The van der Waals surface area contributed by atoms with Gasteiger partial charge in [-0.2, -0.15) is 0 Å². The van der Waals surface area contributed by atoms with Crippen LogP contribution in [0.4, 0.5) is 0 Å². The molecule has 0 saturated heterocycles. The Bertz CT molecular complexity index is 603. The highest BCUT2D eigenvalue weighted by molar-refractivity contribution is 9.10. The lowest BCUT2D eigenvalue weighted by Gasteiger charge is -2.31. The summed E-state index contributed by atoms with van der Waals surface area (Å²) in [5.41, 5.74) is 0. The molecule has 0 bridgehead atoms. The number of phosphoric ester groups is 1. The Morgan fingerprint density at radius 2 is 1.36 bits per heavy atom. The number of nitrogens with zero attached hydrogens (tertiary/aromatic N) is 1. The minimum absolute atomic E-state index is 0.114. The minimum Gasteiger partial charge on any atom is -0.756 e. The fourth-order valence-electron chi connectivity index (χ4n) is 3.84. The number of unbranched alkanes of at least 4 members (excludes halogenated alkanes) is 13. The number of hydrogen-bond acceptors (Lipinski definition) is 7. The topological polar surface area (TPSA) is 116 Å². The summed E-state index contributed by atoms with van der Waals surface area (Å²) in [6.07, 6.45) is 14.5. The van der Waals surface area contributed by atoms with E-state index in [0.29, 0.717) is 17.4 Å².